The van der Waals surface area contributed by atoms with Gasteiger partial charge in [-0.3, -0.25) is 9.59 Å². The Labute approximate surface area is 200 Å². The largest absolute Gasteiger partial charge is 0.508 e. The first kappa shape index (κ1) is 24.0. The number of rotatable bonds is 7. The van der Waals surface area contributed by atoms with Crippen LogP contribution in [0.1, 0.15) is 24.0 Å². The van der Waals surface area contributed by atoms with E-state index in [1.165, 1.54) is 18.2 Å². The molecule has 34 heavy (non-hydrogen) atoms. The maximum atomic E-state index is 13.0. The molecular formula is C23H29N5O5S. The topological polar surface area (TPSA) is 153 Å². The molecule has 6 N–H and O–H groups in total. The van der Waals surface area contributed by atoms with E-state index < -0.39 is 22.9 Å². The maximum absolute atomic E-state index is 13.0. The van der Waals surface area contributed by atoms with Crippen LogP contribution < -0.4 is 16.4 Å². The molecule has 2 aromatic carbocycles. The lowest BCUT2D eigenvalue weighted by molar-refractivity contribution is -0.133. The molecule has 1 saturated heterocycles. The monoisotopic (exact) mass is 487 g/mol. The van der Waals surface area contributed by atoms with E-state index in [1.807, 2.05) is 12.1 Å². The lowest BCUT2D eigenvalue weighted by Crippen LogP contribution is -2.53. The first-order chi connectivity index (χ1) is 16.2. The number of anilines is 1. The average Bonchev–Trinajstić information content (AvgIpc) is 3.25. The molecule has 0 bridgehead atoms. The van der Waals surface area contributed by atoms with Crippen LogP contribution in [0.3, 0.4) is 0 Å². The standard InChI is InChI=1S/C23H29N5O5S/c24-19(4-6-22(25)31)23(32)27-9-7-26(8-10-27)17-2-1-15-13-28(14-16(15)11-17)34(33)21-5-3-18(29)12-20(21)30/h1-3,5,11-12,19,29-30H,4,6-10,13-14,24H2,(H2,25,31)/t19-,34?/m1/s1. The predicted molar refractivity (Wildman–Crippen MR) is 127 cm³/mol. The molecule has 182 valence electrons. The first-order valence-corrected chi connectivity index (χ1v) is 12.2. The molecule has 1 fully saturated rings. The van der Waals surface area contributed by atoms with Crippen molar-refractivity contribution in [1.29, 1.82) is 0 Å². The molecule has 11 heteroatoms. The lowest BCUT2D eigenvalue weighted by Gasteiger charge is -2.37. The fourth-order valence-electron chi connectivity index (χ4n) is 4.30. The molecule has 10 nitrogen and oxygen atoms in total. The third-order valence-corrected chi connectivity index (χ3v) is 7.67. The van der Waals surface area contributed by atoms with Gasteiger partial charge in [-0.25, -0.2) is 8.51 Å². The van der Waals surface area contributed by atoms with Gasteiger partial charge >= 0.3 is 0 Å². The molecule has 0 aromatic heterocycles. The molecular weight excluding hydrogens is 458 g/mol. The van der Waals surface area contributed by atoms with Crippen LogP contribution in [0.15, 0.2) is 41.3 Å². The average molecular weight is 488 g/mol. The van der Waals surface area contributed by atoms with Crippen molar-refractivity contribution >= 4 is 28.5 Å². The summed E-state index contributed by atoms with van der Waals surface area (Å²) >= 11 is 0. The molecule has 2 heterocycles. The number of fused-ring (bicyclic) bond motifs is 1. The van der Waals surface area contributed by atoms with Crippen LogP contribution in [0, 0.1) is 0 Å². The summed E-state index contributed by atoms with van der Waals surface area (Å²) in [5.74, 6) is -0.906. The van der Waals surface area contributed by atoms with Crippen LogP contribution in [0.25, 0.3) is 0 Å². The Morgan fingerprint density at radius 2 is 1.71 bits per heavy atom. The van der Waals surface area contributed by atoms with Crippen LogP contribution in [0.2, 0.25) is 0 Å². The van der Waals surface area contributed by atoms with Crippen LogP contribution in [0.5, 0.6) is 11.5 Å². The summed E-state index contributed by atoms with van der Waals surface area (Å²) in [7, 11) is -1.56. The molecule has 0 spiro atoms. The van der Waals surface area contributed by atoms with E-state index in [0.29, 0.717) is 39.3 Å². The van der Waals surface area contributed by atoms with Crippen molar-refractivity contribution in [3.8, 4) is 11.5 Å². The summed E-state index contributed by atoms with van der Waals surface area (Å²) in [6, 6.07) is 9.47. The second-order valence-electron chi connectivity index (χ2n) is 8.58. The third kappa shape index (κ3) is 5.16. The normalized spacial score (nSPS) is 17.9. The van der Waals surface area contributed by atoms with Gasteiger partial charge in [0.15, 0.2) is 0 Å². The highest BCUT2D eigenvalue weighted by Crippen LogP contribution is 2.33. The Balaban J connectivity index is 1.36. The summed E-state index contributed by atoms with van der Waals surface area (Å²) in [4.78, 5) is 27.7. The number of aromatic hydroxyl groups is 2. The highest BCUT2D eigenvalue weighted by atomic mass is 32.2. The summed E-state index contributed by atoms with van der Waals surface area (Å²) in [5, 5.41) is 19.5. The van der Waals surface area contributed by atoms with E-state index in [-0.39, 0.29) is 35.1 Å². The summed E-state index contributed by atoms with van der Waals surface area (Å²) < 4.78 is 14.8. The molecule has 1 unspecified atom stereocenters. The van der Waals surface area contributed by atoms with Crippen molar-refractivity contribution in [1.82, 2.24) is 9.21 Å². The van der Waals surface area contributed by atoms with Crippen molar-refractivity contribution in [3.63, 3.8) is 0 Å². The van der Waals surface area contributed by atoms with Gasteiger partial charge in [-0.1, -0.05) is 6.07 Å². The summed E-state index contributed by atoms with van der Waals surface area (Å²) in [6.45, 7) is 3.36. The fraction of sp³-hybridized carbons (Fsp3) is 0.391. The van der Waals surface area contributed by atoms with Gasteiger partial charge < -0.3 is 31.5 Å². The molecule has 0 radical (unpaired) electrons. The summed E-state index contributed by atoms with van der Waals surface area (Å²) in [6.07, 6.45) is 0.342. The lowest BCUT2D eigenvalue weighted by atomic mass is 10.1. The third-order valence-electron chi connectivity index (χ3n) is 6.22. The number of carbonyl (C=O) groups excluding carboxylic acids is 2. The minimum atomic E-state index is -1.56. The van der Waals surface area contributed by atoms with Crippen LogP contribution >= 0.6 is 0 Å². The number of phenolic OH excluding ortho intramolecular Hbond substituents is 2. The number of carbonyl (C=O) groups is 2. The number of hydrogen-bond acceptors (Lipinski definition) is 7. The molecule has 0 aliphatic carbocycles. The second-order valence-corrected chi connectivity index (χ2v) is 10.0. The van der Waals surface area contributed by atoms with Gasteiger partial charge in [-0.05, 0) is 41.8 Å². The van der Waals surface area contributed by atoms with E-state index in [0.717, 1.165) is 16.8 Å². The predicted octanol–water partition coefficient (Wildman–Crippen LogP) is 0.378. The van der Waals surface area contributed by atoms with Crippen molar-refractivity contribution in [2.75, 3.05) is 31.1 Å². The quantitative estimate of drug-likeness (QED) is 0.440. The molecule has 0 saturated carbocycles. The van der Waals surface area contributed by atoms with E-state index in [9.17, 15) is 24.0 Å². The molecule has 2 atom stereocenters. The number of primary amides is 1. The fourth-order valence-corrected chi connectivity index (χ4v) is 5.51. The van der Waals surface area contributed by atoms with Crippen molar-refractivity contribution < 1.29 is 24.0 Å². The molecule has 4 rings (SSSR count). The Kier molecular flexibility index (Phi) is 7.05. The van der Waals surface area contributed by atoms with Gasteiger partial charge in [0.2, 0.25) is 11.8 Å². The van der Waals surface area contributed by atoms with Crippen LogP contribution in [-0.2, 0) is 33.7 Å². The number of benzene rings is 2. The highest BCUT2D eigenvalue weighted by molar-refractivity contribution is 7.82. The summed E-state index contributed by atoms with van der Waals surface area (Å²) in [5.41, 5.74) is 14.2. The minimum Gasteiger partial charge on any atom is -0.508 e. The SMILES string of the molecule is NC(=O)CC[C@@H](N)C(=O)N1CCN(c2ccc3c(c2)CN(S(=O)c2ccc(O)cc2O)C3)CC1. The van der Waals surface area contributed by atoms with E-state index in [2.05, 4.69) is 11.0 Å². The van der Waals surface area contributed by atoms with Crippen LogP contribution in [-0.4, -0.2) is 67.7 Å². The van der Waals surface area contributed by atoms with Gasteiger partial charge in [0.1, 0.15) is 22.5 Å². The van der Waals surface area contributed by atoms with Gasteiger partial charge in [-0.15, -0.1) is 0 Å². The maximum Gasteiger partial charge on any atom is 0.239 e. The van der Waals surface area contributed by atoms with E-state index in [1.54, 1.807) is 9.21 Å². The van der Waals surface area contributed by atoms with Gasteiger partial charge in [0, 0.05) is 57.4 Å². The van der Waals surface area contributed by atoms with E-state index >= 15 is 0 Å². The Morgan fingerprint density at radius 3 is 2.38 bits per heavy atom. The zero-order chi connectivity index (χ0) is 24.4. The van der Waals surface area contributed by atoms with Gasteiger partial charge in [0.05, 0.1) is 10.9 Å². The van der Waals surface area contributed by atoms with Gasteiger partial charge in [-0.2, -0.15) is 0 Å². The highest BCUT2D eigenvalue weighted by Gasteiger charge is 2.29. The zero-order valence-electron chi connectivity index (χ0n) is 18.7. The number of amides is 2. The Bertz CT molecular complexity index is 1120. The molecule has 2 amide bonds. The Morgan fingerprint density at radius 1 is 1.00 bits per heavy atom. The number of nitrogens with zero attached hydrogens (tertiary/aromatic N) is 3. The van der Waals surface area contributed by atoms with Crippen molar-refractivity contribution in [2.45, 2.75) is 36.9 Å². The number of phenols is 2. The van der Waals surface area contributed by atoms with Gasteiger partial charge in [0.25, 0.3) is 0 Å². The number of nitrogens with two attached hydrogens (primary N) is 2. The van der Waals surface area contributed by atoms with Crippen molar-refractivity contribution in [3.05, 3.63) is 47.5 Å². The van der Waals surface area contributed by atoms with Crippen LogP contribution in [0.4, 0.5) is 5.69 Å². The molecule has 2 aromatic rings. The van der Waals surface area contributed by atoms with Crippen molar-refractivity contribution in [2.24, 2.45) is 11.5 Å². The minimum absolute atomic E-state index is 0.0814. The number of piperazine rings is 1. The second kappa shape index (κ2) is 10.00. The smallest absolute Gasteiger partial charge is 0.239 e. The number of hydrogen-bond donors (Lipinski definition) is 4. The molecule has 2 aliphatic heterocycles. The molecule has 2 aliphatic rings. The first-order valence-electron chi connectivity index (χ1n) is 11.1. The van der Waals surface area contributed by atoms with E-state index in [4.69, 9.17) is 11.5 Å². The zero-order valence-corrected chi connectivity index (χ0v) is 19.5. The Hall–Kier alpha value is -3.15.